The Labute approximate surface area is 186 Å². The molecule has 4 rings (SSSR count). The van der Waals surface area contributed by atoms with Crippen molar-refractivity contribution in [3.8, 4) is 0 Å². The molecule has 0 bridgehead atoms. The Morgan fingerprint density at radius 2 is 1.81 bits per heavy atom. The van der Waals surface area contributed by atoms with Crippen molar-refractivity contribution in [3.05, 3.63) is 71.5 Å². The van der Waals surface area contributed by atoms with Crippen LogP contribution >= 0.6 is 11.8 Å². The number of ketones is 1. The van der Waals surface area contributed by atoms with Crippen LogP contribution in [0.3, 0.4) is 0 Å². The van der Waals surface area contributed by atoms with E-state index in [4.69, 9.17) is 0 Å². The molecule has 162 valence electrons. The summed E-state index contributed by atoms with van der Waals surface area (Å²) >= 11 is 1.58. The second-order valence-electron chi connectivity index (χ2n) is 7.53. The molecule has 1 fully saturated rings. The minimum Gasteiger partial charge on any atom is -0.308 e. The molecule has 1 aliphatic rings. The second-order valence-corrected chi connectivity index (χ2v) is 10.4. The van der Waals surface area contributed by atoms with Gasteiger partial charge in [0, 0.05) is 24.9 Å². The summed E-state index contributed by atoms with van der Waals surface area (Å²) in [5.74, 6) is 1.32. The molecule has 1 atom stereocenters. The van der Waals surface area contributed by atoms with Crippen molar-refractivity contribution in [2.45, 2.75) is 41.6 Å². The molecule has 0 N–H and O–H groups in total. The van der Waals surface area contributed by atoms with Gasteiger partial charge in [-0.15, -0.1) is 10.2 Å². The number of aromatic nitrogens is 3. The largest absolute Gasteiger partial charge is 0.308 e. The quantitative estimate of drug-likeness (QED) is 0.397. The summed E-state index contributed by atoms with van der Waals surface area (Å²) < 4.78 is 30.0. The first-order chi connectivity index (χ1) is 14.9. The van der Waals surface area contributed by atoms with E-state index in [-0.39, 0.29) is 16.7 Å². The van der Waals surface area contributed by atoms with Crippen molar-refractivity contribution in [3.63, 3.8) is 0 Å². The van der Waals surface area contributed by atoms with Crippen LogP contribution in [0.2, 0.25) is 0 Å². The maximum atomic E-state index is 13.3. The number of rotatable bonds is 7. The zero-order chi connectivity index (χ0) is 22.0. The lowest BCUT2D eigenvalue weighted by Gasteiger charge is -2.23. The summed E-state index contributed by atoms with van der Waals surface area (Å²) in [4.78, 5) is 11.7. The van der Waals surface area contributed by atoms with Crippen LogP contribution in [-0.2, 0) is 22.8 Å². The molecule has 1 unspecified atom stereocenters. The standard InChI is InChI=1S/C22H24N4O3S2/c1-16(27)18-10-12-19(13-11-18)31(28,29)26-14-6-9-20(26)21-23-24-22(25(21)2)30-15-17-7-4-3-5-8-17/h3-5,7-8,10-13,20H,6,9,14-15H2,1-2H3. The fraction of sp³-hybridized carbons (Fsp3) is 0.318. The van der Waals surface area contributed by atoms with Crippen molar-refractivity contribution < 1.29 is 13.2 Å². The molecule has 3 aromatic rings. The van der Waals surface area contributed by atoms with E-state index in [0.717, 1.165) is 17.3 Å². The van der Waals surface area contributed by atoms with Gasteiger partial charge in [-0.1, -0.05) is 54.2 Å². The van der Waals surface area contributed by atoms with Gasteiger partial charge in [-0.05, 0) is 37.5 Å². The Hall–Kier alpha value is -2.49. The lowest BCUT2D eigenvalue weighted by molar-refractivity contribution is 0.101. The number of thioether (sulfide) groups is 1. The van der Waals surface area contributed by atoms with Gasteiger partial charge in [0.25, 0.3) is 0 Å². The van der Waals surface area contributed by atoms with E-state index in [9.17, 15) is 13.2 Å². The van der Waals surface area contributed by atoms with Crippen LogP contribution in [0.4, 0.5) is 0 Å². The van der Waals surface area contributed by atoms with Gasteiger partial charge in [-0.3, -0.25) is 4.79 Å². The molecule has 0 saturated carbocycles. The summed E-state index contributed by atoms with van der Waals surface area (Å²) in [6.07, 6.45) is 1.45. The molecule has 1 saturated heterocycles. The third-order valence-corrected chi connectivity index (χ3v) is 8.46. The van der Waals surface area contributed by atoms with Gasteiger partial charge in [0.15, 0.2) is 16.8 Å². The molecular formula is C22H24N4O3S2. The summed E-state index contributed by atoms with van der Waals surface area (Å²) in [6.45, 7) is 1.89. The van der Waals surface area contributed by atoms with E-state index in [1.54, 1.807) is 23.9 Å². The van der Waals surface area contributed by atoms with Crippen molar-refractivity contribution in [1.82, 2.24) is 19.1 Å². The molecule has 9 heteroatoms. The van der Waals surface area contributed by atoms with Crippen LogP contribution in [0.1, 0.15) is 47.6 Å². The first-order valence-electron chi connectivity index (χ1n) is 10.1. The fourth-order valence-corrected chi connectivity index (χ4v) is 6.28. The normalized spacial score (nSPS) is 17.2. The molecule has 7 nitrogen and oxygen atoms in total. The maximum absolute atomic E-state index is 13.3. The number of carbonyl (C=O) groups excluding carboxylic acids is 1. The molecule has 0 aliphatic carbocycles. The van der Waals surface area contributed by atoms with E-state index in [2.05, 4.69) is 22.3 Å². The molecule has 0 spiro atoms. The summed E-state index contributed by atoms with van der Waals surface area (Å²) in [7, 11) is -1.82. The fourth-order valence-electron chi connectivity index (χ4n) is 3.75. The number of carbonyl (C=O) groups is 1. The van der Waals surface area contributed by atoms with E-state index in [0.29, 0.717) is 24.4 Å². The monoisotopic (exact) mass is 456 g/mol. The molecule has 0 amide bonds. The van der Waals surface area contributed by atoms with E-state index in [1.807, 2.05) is 29.8 Å². The number of sulfonamides is 1. The van der Waals surface area contributed by atoms with Gasteiger partial charge in [0.1, 0.15) is 0 Å². The number of hydrogen-bond donors (Lipinski definition) is 0. The number of hydrogen-bond acceptors (Lipinski definition) is 6. The van der Waals surface area contributed by atoms with Gasteiger partial charge >= 0.3 is 0 Å². The average molecular weight is 457 g/mol. The topological polar surface area (TPSA) is 85.2 Å². The van der Waals surface area contributed by atoms with E-state index >= 15 is 0 Å². The second kappa shape index (κ2) is 8.94. The minimum atomic E-state index is -3.71. The number of Topliss-reactive ketones (excluding diaryl/α,β-unsaturated/α-hetero) is 1. The van der Waals surface area contributed by atoms with Crippen molar-refractivity contribution in [2.24, 2.45) is 7.05 Å². The van der Waals surface area contributed by atoms with Crippen LogP contribution < -0.4 is 0 Å². The van der Waals surface area contributed by atoms with Crippen molar-refractivity contribution in [1.29, 1.82) is 0 Å². The van der Waals surface area contributed by atoms with Gasteiger partial charge < -0.3 is 4.57 Å². The Morgan fingerprint density at radius 3 is 2.48 bits per heavy atom. The van der Waals surface area contributed by atoms with Gasteiger partial charge in [0.05, 0.1) is 10.9 Å². The highest BCUT2D eigenvalue weighted by Crippen LogP contribution is 2.36. The Balaban J connectivity index is 1.55. The molecular weight excluding hydrogens is 432 g/mol. The smallest absolute Gasteiger partial charge is 0.243 e. The molecule has 0 radical (unpaired) electrons. The molecule has 1 aliphatic heterocycles. The Morgan fingerprint density at radius 1 is 1.10 bits per heavy atom. The molecule has 31 heavy (non-hydrogen) atoms. The summed E-state index contributed by atoms with van der Waals surface area (Å²) in [5, 5.41) is 9.42. The van der Waals surface area contributed by atoms with Crippen LogP contribution in [0.5, 0.6) is 0 Å². The zero-order valence-corrected chi connectivity index (χ0v) is 19.1. The van der Waals surface area contributed by atoms with Gasteiger partial charge in [0.2, 0.25) is 10.0 Å². The van der Waals surface area contributed by atoms with Gasteiger partial charge in [-0.2, -0.15) is 4.31 Å². The minimum absolute atomic E-state index is 0.0948. The first-order valence-corrected chi connectivity index (χ1v) is 12.5. The number of nitrogens with zero attached hydrogens (tertiary/aromatic N) is 4. The van der Waals surface area contributed by atoms with Crippen molar-refractivity contribution >= 4 is 27.6 Å². The van der Waals surface area contributed by atoms with Crippen LogP contribution in [0, 0.1) is 0 Å². The van der Waals surface area contributed by atoms with Crippen LogP contribution in [0.15, 0.2) is 64.6 Å². The van der Waals surface area contributed by atoms with Crippen molar-refractivity contribution in [2.75, 3.05) is 6.54 Å². The lowest BCUT2D eigenvalue weighted by Crippen LogP contribution is -2.32. The highest BCUT2D eigenvalue weighted by atomic mass is 32.2. The first kappa shape index (κ1) is 21.7. The van der Waals surface area contributed by atoms with Crippen LogP contribution in [-0.4, -0.2) is 39.8 Å². The Bertz CT molecular complexity index is 1180. The highest BCUT2D eigenvalue weighted by Gasteiger charge is 2.39. The molecule has 2 heterocycles. The molecule has 2 aromatic carbocycles. The summed E-state index contributed by atoms with van der Waals surface area (Å²) in [6, 6.07) is 15.9. The average Bonchev–Trinajstić information content (AvgIpc) is 3.40. The third-order valence-electron chi connectivity index (χ3n) is 5.45. The van der Waals surface area contributed by atoms with E-state index in [1.165, 1.54) is 28.9 Å². The lowest BCUT2D eigenvalue weighted by atomic mass is 10.2. The Kier molecular flexibility index (Phi) is 6.27. The van der Waals surface area contributed by atoms with Crippen LogP contribution in [0.25, 0.3) is 0 Å². The third kappa shape index (κ3) is 4.44. The maximum Gasteiger partial charge on any atom is 0.243 e. The number of benzene rings is 2. The summed E-state index contributed by atoms with van der Waals surface area (Å²) in [5.41, 5.74) is 1.68. The highest BCUT2D eigenvalue weighted by molar-refractivity contribution is 7.98. The molecule has 1 aromatic heterocycles. The predicted molar refractivity (Wildman–Crippen MR) is 119 cm³/mol. The SMILES string of the molecule is CC(=O)c1ccc(S(=O)(=O)N2CCCC2c2nnc(SCc3ccccc3)n2C)cc1. The van der Waals surface area contributed by atoms with E-state index < -0.39 is 10.0 Å². The zero-order valence-electron chi connectivity index (χ0n) is 17.4. The van der Waals surface area contributed by atoms with Gasteiger partial charge in [-0.25, -0.2) is 8.42 Å². The predicted octanol–water partition coefficient (Wildman–Crippen LogP) is 3.84.